The van der Waals surface area contributed by atoms with Crippen LogP contribution in [-0.4, -0.2) is 101 Å². The standard InChI is InChI=1S/C22H34N6O5S2/c1-10-17-16(11(2)27-15(29)7-23-3)21(31)28(17)18(22(32)33)19(10)35-13-4-12(24-6-13)5-25-20(30)14-8-34-9-26-14/h10-14,16-17,23-24,26H,4-9H2,1-3H3,(H,25,30)(H,27,29)(H,32,33)/t10-,11?,12+,13+,14+,16-,17-/m1/s1. The summed E-state index contributed by atoms with van der Waals surface area (Å²) < 4.78 is 0. The van der Waals surface area contributed by atoms with Crippen LogP contribution in [0.1, 0.15) is 20.3 Å². The van der Waals surface area contributed by atoms with Crippen LogP contribution < -0.4 is 26.6 Å². The van der Waals surface area contributed by atoms with Crippen molar-refractivity contribution in [2.75, 3.05) is 38.3 Å². The minimum Gasteiger partial charge on any atom is -0.477 e. The summed E-state index contributed by atoms with van der Waals surface area (Å²) in [6, 6.07) is -0.693. The number of β-lactam (4-membered cyclic amide) rings is 1. The van der Waals surface area contributed by atoms with Crippen LogP contribution in [-0.2, 0) is 19.2 Å². The first-order chi connectivity index (χ1) is 16.7. The first kappa shape index (κ1) is 26.3. The summed E-state index contributed by atoms with van der Waals surface area (Å²) in [7, 11) is 1.68. The molecule has 13 heteroatoms. The van der Waals surface area contributed by atoms with Crippen molar-refractivity contribution in [3.63, 3.8) is 0 Å². The first-order valence-electron chi connectivity index (χ1n) is 12.0. The number of nitrogens with one attached hydrogen (secondary N) is 5. The Morgan fingerprint density at radius 1 is 1.31 bits per heavy atom. The summed E-state index contributed by atoms with van der Waals surface area (Å²) in [5.41, 5.74) is 0.0732. The first-order valence-corrected chi connectivity index (χ1v) is 14.0. The molecular weight excluding hydrogens is 492 g/mol. The SMILES string of the molecule is CNCC(=O)NC(C)[C@H]1C(=O)N2C(C(=O)O)=C(S[C@@H]3CN[C@H](CNC(=O)[C@@H]4CSCN4)C3)[C@H](C)[C@H]12. The summed E-state index contributed by atoms with van der Waals surface area (Å²) >= 11 is 3.23. The van der Waals surface area contributed by atoms with E-state index < -0.39 is 11.9 Å². The highest BCUT2D eigenvalue weighted by atomic mass is 32.2. The molecular formula is C22H34N6O5S2. The maximum Gasteiger partial charge on any atom is 0.353 e. The van der Waals surface area contributed by atoms with E-state index in [1.807, 2.05) is 6.92 Å². The number of nitrogens with zero attached hydrogens (tertiary/aromatic N) is 1. The van der Waals surface area contributed by atoms with E-state index in [1.54, 1.807) is 25.7 Å². The van der Waals surface area contributed by atoms with E-state index in [9.17, 15) is 24.3 Å². The topological polar surface area (TPSA) is 152 Å². The highest BCUT2D eigenvalue weighted by Gasteiger charge is 2.60. The number of carboxylic acids is 1. The molecule has 11 nitrogen and oxygen atoms in total. The normalized spacial score (nSPS) is 32.9. The van der Waals surface area contributed by atoms with E-state index >= 15 is 0 Å². The molecule has 1 unspecified atom stereocenters. The fourth-order valence-corrected chi connectivity index (χ4v) is 7.83. The van der Waals surface area contributed by atoms with Gasteiger partial charge in [0, 0.05) is 52.9 Å². The summed E-state index contributed by atoms with van der Waals surface area (Å²) in [5.74, 6) is -0.559. The van der Waals surface area contributed by atoms with Crippen LogP contribution in [0.4, 0.5) is 0 Å². The quantitative estimate of drug-likeness (QED) is 0.190. The van der Waals surface area contributed by atoms with Crippen molar-refractivity contribution in [3.05, 3.63) is 10.6 Å². The number of rotatable bonds is 10. The zero-order valence-corrected chi connectivity index (χ0v) is 21.8. The van der Waals surface area contributed by atoms with Crippen molar-refractivity contribution in [3.8, 4) is 0 Å². The van der Waals surface area contributed by atoms with Gasteiger partial charge in [-0.15, -0.1) is 23.5 Å². The Balaban J connectivity index is 1.36. The number of carbonyl (C=O) groups is 4. The maximum atomic E-state index is 13.0. The van der Waals surface area contributed by atoms with Gasteiger partial charge in [0.05, 0.1) is 24.5 Å². The molecule has 3 saturated heterocycles. The number of hydrogen-bond acceptors (Lipinski definition) is 9. The summed E-state index contributed by atoms with van der Waals surface area (Å²) in [6.45, 7) is 5.14. The smallest absolute Gasteiger partial charge is 0.353 e. The molecule has 4 rings (SSSR count). The molecule has 4 aliphatic heterocycles. The number of carbonyl (C=O) groups excluding carboxylic acids is 3. The van der Waals surface area contributed by atoms with Crippen LogP contribution >= 0.6 is 23.5 Å². The lowest BCUT2D eigenvalue weighted by Gasteiger charge is -2.47. The van der Waals surface area contributed by atoms with Gasteiger partial charge in [-0.05, 0) is 20.4 Å². The van der Waals surface area contributed by atoms with Gasteiger partial charge in [0.25, 0.3) is 0 Å². The number of aliphatic carboxylic acids is 1. The number of fused-ring (bicyclic) bond motifs is 1. The second-order valence-electron chi connectivity index (χ2n) is 9.52. The second-order valence-corrected chi connectivity index (χ2v) is 11.9. The molecule has 35 heavy (non-hydrogen) atoms. The minimum atomic E-state index is -1.10. The molecule has 0 saturated carbocycles. The Morgan fingerprint density at radius 2 is 2.09 bits per heavy atom. The number of amides is 3. The lowest BCUT2D eigenvalue weighted by atomic mass is 9.78. The van der Waals surface area contributed by atoms with E-state index in [0.717, 1.165) is 23.0 Å². The number of hydrogen-bond donors (Lipinski definition) is 6. The molecule has 0 bridgehead atoms. The number of likely N-dealkylation sites (N-methyl/N-ethyl adjacent to an activating group) is 1. The van der Waals surface area contributed by atoms with Crippen molar-refractivity contribution in [2.24, 2.45) is 11.8 Å². The predicted molar refractivity (Wildman–Crippen MR) is 135 cm³/mol. The molecule has 0 radical (unpaired) electrons. The molecule has 0 aromatic heterocycles. The third-order valence-electron chi connectivity index (χ3n) is 7.09. The van der Waals surface area contributed by atoms with Crippen LogP contribution in [0.15, 0.2) is 10.6 Å². The third-order valence-corrected chi connectivity index (χ3v) is 9.54. The highest BCUT2D eigenvalue weighted by Crippen LogP contribution is 2.51. The maximum absolute atomic E-state index is 13.0. The summed E-state index contributed by atoms with van der Waals surface area (Å²) in [5, 5.41) is 25.3. The Hall–Kier alpha value is -1.80. The van der Waals surface area contributed by atoms with E-state index in [2.05, 4.69) is 26.6 Å². The fourth-order valence-electron chi connectivity index (χ4n) is 5.37. The molecule has 7 atom stereocenters. The van der Waals surface area contributed by atoms with E-state index in [4.69, 9.17) is 0 Å². The van der Waals surface area contributed by atoms with Gasteiger partial charge in [-0.1, -0.05) is 6.92 Å². The highest BCUT2D eigenvalue weighted by molar-refractivity contribution is 8.03. The molecule has 6 N–H and O–H groups in total. The number of thioether (sulfide) groups is 2. The van der Waals surface area contributed by atoms with Gasteiger partial charge >= 0.3 is 5.97 Å². The molecule has 194 valence electrons. The van der Waals surface area contributed by atoms with Gasteiger partial charge < -0.3 is 31.3 Å². The number of carboxylic acid groups (broad SMARTS) is 1. The van der Waals surface area contributed by atoms with Gasteiger partial charge in [-0.2, -0.15) is 0 Å². The van der Waals surface area contributed by atoms with Crippen molar-refractivity contribution in [1.29, 1.82) is 0 Å². The fraction of sp³-hybridized carbons (Fsp3) is 0.727. The van der Waals surface area contributed by atoms with Gasteiger partial charge in [-0.3, -0.25) is 19.7 Å². The zero-order valence-electron chi connectivity index (χ0n) is 20.1. The van der Waals surface area contributed by atoms with Crippen LogP contribution in [0.3, 0.4) is 0 Å². The largest absolute Gasteiger partial charge is 0.477 e. The van der Waals surface area contributed by atoms with Crippen molar-refractivity contribution in [2.45, 2.75) is 49.7 Å². The Morgan fingerprint density at radius 3 is 2.74 bits per heavy atom. The third kappa shape index (κ3) is 5.33. The Bertz CT molecular complexity index is 911. The molecule has 0 aromatic rings. The lowest BCUT2D eigenvalue weighted by Crippen LogP contribution is -2.66. The zero-order chi connectivity index (χ0) is 25.3. The van der Waals surface area contributed by atoms with Gasteiger partial charge in [0.1, 0.15) is 5.70 Å². The summed E-state index contributed by atoms with van der Waals surface area (Å²) in [6.07, 6.45) is 0.791. The molecule has 4 heterocycles. The molecule has 4 aliphatic rings. The van der Waals surface area contributed by atoms with E-state index in [-0.39, 0.29) is 65.3 Å². The monoisotopic (exact) mass is 526 g/mol. The molecule has 0 aromatic carbocycles. The van der Waals surface area contributed by atoms with E-state index in [0.29, 0.717) is 13.1 Å². The van der Waals surface area contributed by atoms with Gasteiger partial charge in [0.15, 0.2) is 0 Å². The average molecular weight is 527 g/mol. The van der Waals surface area contributed by atoms with Crippen LogP contribution in [0.25, 0.3) is 0 Å². The molecule has 3 amide bonds. The van der Waals surface area contributed by atoms with Gasteiger partial charge in [0.2, 0.25) is 17.7 Å². The van der Waals surface area contributed by atoms with Crippen molar-refractivity contribution >= 4 is 47.2 Å². The van der Waals surface area contributed by atoms with Crippen LogP contribution in [0, 0.1) is 11.8 Å². The molecule has 0 spiro atoms. The Kier molecular flexibility index (Phi) is 8.31. The molecule has 3 fully saturated rings. The van der Waals surface area contributed by atoms with Crippen LogP contribution in [0.2, 0.25) is 0 Å². The molecule has 0 aliphatic carbocycles. The summed E-state index contributed by atoms with van der Waals surface area (Å²) in [4.78, 5) is 51.5. The van der Waals surface area contributed by atoms with Gasteiger partial charge in [-0.25, -0.2) is 4.79 Å². The van der Waals surface area contributed by atoms with Crippen LogP contribution in [0.5, 0.6) is 0 Å². The average Bonchev–Trinajstić information content (AvgIpc) is 3.53. The lowest BCUT2D eigenvalue weighted by molar-refractivity contribution is -0.158. The second kappa shape index (κ2) is 11.1. The Labute approximate surface area is 213 Å². The minimum absolute atomic E-state index is 0.0121. The predicted octanol–water partition coefficient (Wildman–Crippen LogP) is -1.27. The van der Waals surface area contributed by atoms with Crippen molar-refractivity contribution in [1.82, 2.24) is 31.5 Å². The van der Waals surface area contributed by atoms with Crippen molar-refractivity contribution < 1.29 is 24.3 Å². The van der Waals surface area contributed by atoms with E-state index in [1.165, 1.54) is 16.7 Å².